The maximum Gasteiger partial charge on any atom is 0.324 e. The van der Waals surface area contributed by atoms with Crippen molar-refractivity contribution in [1.82, 2.24) is 10.2 Å². The van der Waals surface area contributed by atoms with Gasteiger partial charge in [0.05, 0.1) is 0 Å². The van der Waals surface area contributed by atoms with E-state index < -0.39 is 0 Å². The summed E-state index contributed by atoms with van der Waals surface area (Å²) in [7, 11) is 0. The van der Waals surface area contributed by atoms with Crippen LogP contribution in [0.25, 0.3) is 0 Å². The number of amides is 3. The van der Waals surface area contributed by atoms with Crippen molar-refractivity contribution < 1.29 is 9.59 Å². The monoisotopic (exact) mass is 196 g/mol. The van der Waals surface area contributed by atoms with Crippen LogP contribution in [0.15, 0.2) is 0 Å². The van der Waals surface area contributed by atoms with E-state index in [1.807, 2.05) is 0 Å². The molecule has 2 rings (SSSR count). The summed E-state index contributed by atoms with van der Waals surface area (Å²) < 4.78 is 0. The van der Waals surface area contributed by atoms with Gasteiger partial charge >= 0.3 is 6.03 Å². The van der Waals surface area contributed by atoms with E-state index in [2.05, 4.69) is 19.2 Å². The highest BCUT2D eigenvalue weighted by molar-refractivity contribution is 5.96. The van der Waals surface area contributed by atoms with E-state index in [0.29, 0.717) is 18.9 Å². The lowest BCUT2D eigenvalue weighted by molar-refractivity contribution is -0.122. The average molecular weight is 196 g/mol. The lowest BCUT2D eigenvalue weighted by Gasteiger charge is -2.40. The fourth-order valence-electron chi connectivity index (χ4n) is 2.12. The summed E-state index contributed by atoms with van der Waals surface area (Å²) in [6, 6.07) is -0.224. The van der Waals surface area contributed by atoms with Gasteiger partial charge < -0.3 is 4.90 Å². The van der Waals surface area contributed by atoms with Gasteiger partial charge in [-0.25, -0.2) is 4.79 Å². The van der Waals surface area contributed by atoms with Gasteiger partial charge in [-0.15, -0.1) is 0 Å². The second-order valence-electron chi connectivity index (χ2n) is 4.68. The Morgan fingerprint density at radius 2 is 2.00 bits per heavy atom. The van der Waals surface area contributed by atoms with Crippen LogP contribution in [0.5, 0.6) is 0 Å². The van der Waals surface area contributed by atoms with Gasteiger partial charge in [0.1, 0.15) is 0 Å². The Morgan fingerprint density at radius 1 is 1.36 bits per heavy atom. The number of rotatable bonds is 2. The first-order valence-corrected chi connectivity index (χ1v) is 5.13. The molecule has 78 valence electrons. The number of imide groups is 1. The molecule has 14 heavy (non-hydrogen) atoms. The zero-order valence-corrected chi connectivity index (χ0v) is 8.67. The van der Waals surface area contributed by atoms with Crippen molar-refractivity contribution in [3.8, 4) is 0 Å². The predicted octanol–water partition coefficient (Wildman–Crippen LogP) is 1.12. The van der Waals surface area contributed by atoms with Crippen molar-refractivity contribution in [2.24, 2.45) is 5.92 Å². The van der Waals surface area contributed by atoms with Crippen molar-refractivity contribution in [2.75, 3.05) is 6.54 Å². The lowest BCUT2D eigenvalue weighted by atomic mass is 9.95. The van der Waals surface area contributed by atoms with Gasteiger partial charge in [0.25, 0.3) is 0 Å². The van der Waals surface area contributed by atoms with Crippen molar-refractivity contribution in [3.05, 3.63) is 0 Å². The van der Waals surface area contributed by atoms with E-state index in [1.165, 1.54) is 12.8 Å². The number of carbonyl (C=O) groups excluding carboxylic acids is 2. The molecule has 0 aromatic rings. The smallest absolute Gasteiger partial charge is 0.319 e. The van der Waals surface area contributed by atoms with Crippen LogP contribution < -0.4 is 5.32 Å². The Balaban J connectivity index is 2.09. The highest BCUT2D eigenvalue weighted by Crippen LogP contribution is 2.43. The molecule has 0 radical (unpaired) electrons. The zero-order valence-electron chi connectivity index (χ0n) is 8.67. The molecule has 2 aliphatic rings. The van der Waals surface area contributed by atoms with Crippen molar-refractivity contribution >= 4 is 11.9 Å². The van der Waals surface area contributed by atoms with Gasteiger partial charge in [0, 0.05) is 18.5 Å². The number of nitrogens with zero attached hydrogens (tertiary/aromatic N) is 1. The van der Waals surface area contributed by atoms with E-state index in [4.69, 9.17) is 0 Å². The summed E-state index contributed by atoms with van der Waals surface area (Å²) in [5.74, 6) is 0.458. The highest BCUT2D eigenvalue weighted by atomic mass is 16.2. The molecular formula is C10H16N2O2. The summed E-state index contributed by atoms with van der Waals surface area (Å²) in [5.41, 5.74) is -0.0925. The molecule has 0 spiro atoms. The minimum Gasteiger partial charge on any atom is -0.319 e. The van der Waals surface area contributed by atoms with Crippen LogP contribution in [0.2, 0.25) is 0 Å². The second kappa shape index (κ2) is 2.97. The van der Waals surface area contributed by atoms with Crippen molar-refractivity contribution in [2.45, 2.75) is 38.6 Å². The molecule has 1 aliphatic carbocycles. The van der Waals surface area contributed by atoms with Crippen LogP contribution in [0.3, 0.4) is 0 Å². The molecule has 0 bridgehead atoms. The third kappa shape index (κ3) is 1.49. The minimum absolute atomic E-state index is 0.0925. The molecule has 0 atom stereocenters. The second-order valence-corrected chi connectivity index (χ2v) is 4.68. The maximum atomic E-state index is 11.6. The SMILES string of the molecule is CC(C)(C1CC1)N1CCC(=O)NC1=O. The highest BCUT2D eigenvalue weighted by Gasteiger charge is 2.45. The summed E-state index contributed by atoms with van der Waals surface area (Å²) >= 11 is 0. The van der Waals surface area contributed by atoms with Gasteiger partial charge in [0.2, 0.25) is 5.91 Å². The molecule has 1 saturated carbocycles. The molecule has 1 aliphatic heterocycles. The molecule has 1 N–H and O–H groups in total. The Hall–Kier alpha value is -1.06. The molecule has 1 saturated heterocycles. The number of carbonyl (C=O) groups is 2. The Morgan fingerprint density at radius 3 is 2.50 bits per heavy atom. The van der Waals surface area contributed by atoms with E-state index >= 15 is 0 Å². The normalized spacial score (nSPS) is 23.7. The molecular weight excluding hydrogens is 180 g/mol. The standard InChI is InChI=1S/C10H16N2O2/c1-10(2,7-3-4-7)12-6-5-8(13)11-9(12)14/h7H,3-6H2,1-2H3,(H,11,13,14). The summed E-state index contributed by atoms with van der Waals surface area (Å²) in [5, 5.41) is 2.37. The summed E-state index contributed by atoms with van der Waals surface area (Å²) in [4.78, 5) is 24.3. The van der Waals surface area contributed by atoms with Crippen molar-refractivity contribution in [1.29, 1.82) is 0 Å². The van der Waals surface area contributed by atoms with Crippen LogP contribution in [0, 0.1) is 5.92 Å². The maximum absolute atomic E-state index is 11.6. The number of hydrogen-bond donors (Lipinski definition) is 1. The molecule has 0 aromatic carbocycles. The first kappa shape index (κ1) is 9.49. The quantitative estimate of drug-likeness (QED) is 0.719. The van der Waals surface area contributed by atoms with Crippen LogP contribution >= 0.6 is 0 Å². The molecule has 1 heterocycles. The first-order valence-electron chi connectivity index (χ1n) is 5.13. The fourth-order valence-corrected chi connectivity index (χ4v) is 2.12. The third-order valence-electron chi connectivity index (χ3n) is 3.33. The summed E-state index contributed by atoms with van der Waals surface area (Å²) in [6.07, 6.45) is 2.83. The molecule has 4 nitrogen and oxygen atoms in total. The van der Waals surface area contributed by atoms with Gasteiger partial charge in [0.15, 0.2) is 0 Å². The third-order valence-corrected chi connectivity index (χ3v) is 3.33. The Kier molecular flexibility index (Phi) is 2.01. The molecule has 0 unspecified atom stereocenters. The predicted molar refractivity (Wildman–Crippen MR) is 51.7 cm³/mol. The van der Waals surface area contributed by atoms with E-state index in [0.717, 1.165) is 0 Å². The minimum atomic E-state index is -0.224. The Bertz CT molecular complexity index is 282. The van der Waals surface area contributed by atoms with Crippen LogP contribution in [-0.4, -0.2) is 28.9 Å². The Labute approximate surface area is 83.6 Å². The van der Waals surface area contributed by atoms with E-state index in [9.17, 15) is 9.59 Å². The molecule has 0 aromatic heterocycles. The number of hydrogen-bond acceptors (Lipinski definition) is 2. The molecule has 3 amide bonds. The zero-order chi connectivity index (χ0) is 10.3. The van der Waals surface area contributed by atoms with E-state index in [1.54, 1.807) is 4.90 Å². The first-order chi connectivity index (χ1) is 6.51. The van der Waals surface area contributed by atoms with Crippen LogP contribution in [0.1, 0.15) is 33.1 Å². The van der Waals surface area contributed by atoms with E-state index in [-0.39, 0.29) is 17.5 Å². The lowest BCUT2D eigenvalue weighted by Crippen LogP contribution is -2.58. The summed E-state index contributed by atoms with van der Waals surface area (Å²) in [6.45, 7) is 4.73. The van der Waals surface area contributed by atoms with Crippen molar-refractivity contribution in [3.63, 3.8) is 0 Å². The number of nitrogens with one attached hydrogen (secondary N) is 1. The van der Waals surface area contributed by atoms with Crippen LogP contribution in [-0.2, 0) is 4.79 Å². The van der Waals surface area contributed by atoms with Gasteiger partial charge in [-0.1, -0.05) is 0 Å². The van der Waals surface area contributed by atoms with Gasteiger partial charge in [-0.05, 0) is 32.6 Å². The number of urea groups is 1. The fraction of sp³-hybridized carbons (Fsp3) is 0.800. The van der Waals surface area contributed by atoms with Gasteiger partial charge in [-0.2, -0.15) is 0 Å². The molecule has 4 heteroatoms. The average Bonchev–Trinajstić information content (AvgIpc) is 2.84. The van der Waals surface area contributed by atoms with Gasteiger partial charge in [-0.3, -0.25) is 10.1 Å². The molecule has 2 fully saturated rings. The largest absolute Gasteiger partial charge is 0.324 e. The topological polar surface area (TPSA) is 49.4 Å². The van der Waals surface area contributed by atoms with Crippen LogP contribution in [0.4, 0.5) is 4.79 Å².